The van der Waals surface area contributed by atoms with Gasteiger partial charge in [-0.2, -0.15) is 0 Å². The van der Waals surface area contributed by atoms with Crippen LogP contribution in [-0.2, 0) is 0 Å². The molecule has 0 bridgehead atoms. The van der Waals surface area contributed by atoms with Gasteiger partial charge < -0.3 is 10.6 Å². The van der Waals surface area contributed by atoms with Gasteiger partial charge in [-0.15, -0.1) is 0 Å². The molecule has 0 radical (unpaired) electrons. The minimum Gasteiger partial charge on any atom is -0.324 e. The molecule has 1 aliphatic heterocycles. The Morgan fingerprint density at radius 3 is 2.60 bits per heavy atom. The second-order valence-electron chi connectivity index (χ2n) is 6.07. The van der Waals surface area contributed by atoms with Gasteiger partial charge in [0.25, 0.3) is 0 Å². The van der Waals surface area contributed by atoms with Crippen LogP contribution in [0.1, 0.15) is 46.0 Å². The third-order valence-corrected chi connectivity index (χ3v) is 4.24. The van der Waals surface area contributed by atoms with Gasteiger partial charge in [0, 0.05) is 12.1 Å². The fraction of sp³-hybridized carbons (Fsp3) is 1.00. The molecule has 1 heterocycles. The Labute approximate surface area is 94.2 Å². The second kappa shape index (κ2) is 4.42. The molecular formula is C13H26N2. The van der Waals surface area contributed by atoms with E-state index in [1.54, 1.807) is 0 Å². The lowest BCUT2D eigenvalue weighted by molar-refractivity contribution is 0.250. The van der Waals surface area contributed by atoms with Crippen LogP contribution in [-0.4, -0.2) is 30.1 Å². The maximum Gasteiger partial charge on any atom is 0.0284 e. The highest BCUT2D eigenvalue weighted by Gasteiger charge is 2.39. The van der Waals surface area contributed by atoms with Crippen molar-refractivity contribution in [2.24, 2.45) is 17.6 Å². The van der Waals surface area contributed by atoms with Gasteiger partial charge in [0.15, 0.2) is 0 Å². The van der Waals surface area contributed by atoms with Crippen molar-refractivity contribution in [3.05, 3.63) is 0 Å². The van der Waals surface area contributed by atoms with E-state index in [2.05, 4.69) is 18.7 Å². The van der Waals surface area contributed by atoms with E-state index >= 15 is 0 Å². The van der Waals surface area contributed by atoms with Gasteiger partial charge in [0.1, 0.15) is 0 Å². The average molecular weight is 210 g/mol. The van der Waals surface area contributed by atoms with E-state index in [9.17, 15) is 0 Å². The molecule has 0 aromatic carbocycles. The van der Waals surface area contributed by atoms with Crippen LogP contribution in [0.5, 0.6) is 0 Å². The first kappa shape index (κ1) is 11.4. The molecule has 2 nitrogen and oxygen atoms in total. The number of nitrogens with zero attached hydrogens (tertiary/aromatic N) is 1. The first-order valence-corrected chi connectivity index (χ1v) is 6.60. The number of rotatable bonds is 3. The standard InChI is InChI=1S/C13H26N2/c1-11(2)12-4-3-8-15(9-5-12)10-13(14)6-7-13/h11-12H,3-10,14H2,1-2H3. The normalized spacial score (nSPS) is 31.6. The molecule has 0 spiro atoms. The molecule has 0 amide bonds. The average Bonchev–Trinajstić information content (AvgIpc) is 2.91. The zero-order valence-electron chi connectivity index (χ0n) is 10.3. The lowest BCUT2D eigenvalue weighted by atomic mass is 9.89. The van der Waals surface area contributed by atoms with Crippen LogP contribution >= 0.6 is 0 Å². The van der Waals surface area contributed by atoms with Gasteiger partial charge in [0.05, 0.1) is 0 Å². The Balaban J connectivity index is 1.79. The van der Waals surface area contributed by atoms with Crippen molar-refractivity contribution in [2.75, 3.05) is 19.6 Å². The van der Waals surface area contributed by atoms with E-state index in [1.165, 1.54) is 45.2 Å². The summed E-state index contributed by atoms with van der Waals surface area (Å²) in [5.41, 5.74) is 6.39. The Hall–Kier alpha value is -0.0800. The fourth-order valence-electron chi connectivity index (χ4n) is 2.77. The predicted molar refractivity (Wildman–Crippen MR) is 64.8 cm³/mol. The SMILES string of the molecule is CC(C)C1CCCN(CC2(N)CC2)CC1. The Bertz CT molecular complexity index is 209. The molecule has 1 unspecified atom stereocenters. The van der Waals surface area contributed by atoms with Crippen molar-refractivity contribution in [3.63, 3.8) is 0 Å². The molecule has 1 aliphatic carbocycles. The molecule has 1 atom stereocenters. The highest BCUT2D eigenvalue weighted by molar-refractivity contribution is 5.01. The number of hydrogen-bond donors (Lipinski definition) is 1. The minimum atomic E-state index is 0.206. The van der Waals surface area contributed by atoms with Crippen molar-refractivity contribution in [1.29, 1.82) is 0 Å². The summed E-state index contributed by atoms with van der Waals surface area (Å²) in [6, 6.07) is 0. The van der Waals surface area contributed by atoms with Gasteiger partial charge in [-0.05, 0) is 57.0 Å². The summed E-state index contributed by atoms with van der Waals surface area (Å²) in [7, 11) is 0. The van der Waals surface area contributed by atoms with Gasteiger partial charge in [0.2, 0.25) is 0 Å². The Kier molecular flexibility index (Phi) is 3.36. The molecule has 2 N–H and O–H groups in total. The molecule has 2 fully saturated rings. The van der Waals surface area contributed by atoms with Crippen LogP contribution in [0.2, 0.25) is 0 Å². The first-order chi connectivity index (χ1) is 7.09. The Morgan fingerprint density at radius 2 is 2.00 bits per heavy atom. The highest BCUT2D eigenvalue weighted by atomic mass is 15.2. The number of likely N-dealkylation sites (tertiary alicyclic amines) is 1. The monoisotopic (exact) mass is 210 g/mol. The fourth-order valence-corrected chi connectivity index (χ4v) is 2.77. The first-order valence-electron chi connectivity index (χ1n) is 6.60. The van der Waals surface area contributed by atoms with Crippen molar-refractivity contribution in [3.8, 4) is 0 Å². The topological polar surface area (TPSA) is 29.3 Å². The largest absolute Gasteiger partial charge is 0.324 e. The van der Waals surface area contributed by atoms with Crippen LogP contribution in [0.15, 0.2) is 0 Å². The molecule has 15 heavy (non-hydrogen) atoms. The molecule has 2 aliphatic rings. The van der Waals surface area contributed by atoms with E-state index in [1.807, 2.05) is 0 Å². The van der Waals surface area contributed by atoms with Crippen LogP contribution in [0, 0.1) is 11.8 Å². The number of hydrogen-bond acceptors (Lipinski definition) is 2. The third kappa shape index (κ3) is 3.18. The summed E-state index contributed by atoms with van der Waals surface area (Å²) in [5.74, 6) is 1.81. The molecular weight excluding hydrogens is 184 g/mol. The Morgan fingerprint density at radius 1 is 1.27 bits per heavy atom. The van der Waals surface area contributed by atoms with Crippen molar-refractivity contribution in [1.82, 2.24) is 4.90 Å². The van der Waals surface area contributed by atoms with E-state index in [0.29, 0.717) is 0 Å². The second-order valence-corrected chi connectivity index (χ2v) is 6.07. The summed E-state index contributed by atoms with van der Waals surface area (Å²) < 4.78 is 0. The molecule has 2 heteroatoms. The van der Waals surface area contributed by atoms with E-state index < -0.39 is 0 Å². The van der Waals surface area contributed by atoms with E-state index in [-0.39, 0.29) is 5.54 Å². The quantitative estimate of drug-likeness (QED) is 0.774. The van der Waals surface area contributed by atoms with Gasteiger partial charge >= 0.3 is 0 Å². The molecule has 0 aromatic rings. The van der Waals surface area contributed by atoms with Crippen molar-refractivity contribution in [2.45, 2.75) is 51.5 Å². The zero-order chi connectivity index (χ0) is 10.9. The van der Waals surface area contributed by atoms with Crippen LogP contribution in [0.4, 0.5) is 0 Å². The summed E-state index contributed by atoms with van der Waals surface area (Å²) >= 11 is 0. The van der Waals surface area contributed by atoms with E-state index in [0.717, 1.165) is 18.4 Å². The summed E-state index contributed by atoms with van der Waals surface area (Å²) in [5, 5.41) is 0. The predicted octanol–water partition coefficient (Wildman–Crippen LogP) is 2.24. The summed E-state index contributed by atoms with van der Waals surface area (Å²) in [6.07, 6.45) is 6.67. The molecule has 1 saturated heterocycles. The lowest BCUT2D eigenvalue weighted by Crippen LogP contribution is -2.39. The maximum absolute atomic E-state index is 6.18. The van der Waals surface area contributed by atoms with Gasteiger partial charge in [-0.1, -0.05) is 13.8 Å². The molecule has 88 valence electrons. The van der Waals surface area contributed by atoms with E-state index in [4.69, 9.17) is 5.73 Å². The van der Waals surface area contributed by atoms with Crippen molar-refractivity contribution < 1.29 is 0 Å². The minimum absolute atomic E-state index is 0.206. The smallest absolute Gasteiger partial charge is 0.0284 e. The lowest BCUT2D eigenvalue weighted by Gasteiger charge is -2.24. The summed E-state index contributed by atoms with van der Waals surface area (Å²) in [4.78, 5) is 2.61. The summed E-state index contributed by atoms with van der Waals surface area (Å²) in [6.45, 7) is 8.44. The molecule has 1 saturated carbocycles. The van der Waals surface area contributed by atoms with Crippen LogP contribution < -0.4 is 5.73 Å². The number of nitrogens with two attached hydrogens (primary N) is 1. The van der Waals surface area contributed by atoms with Crippen LogP contribution in [0.25, 0.3) is 0 Å². The third-order valence-electron chi connectivity index (χ3n) is 4.24. The highest BCUT2D eigenvalue weighted by Crippen LogP contribution is 2.34. The van der Waals surface area contributed by atoms with Crippen LogP contribution in [0.3, 0.4) is 0 Å². The zero-order valence-corrected chi connectivity index (χ0v) is 10.3. The van der Waals surface area contributed by atoms with Crippen molar-refractivity contribution >= 4 is 0 Å². The molecule has 2 rings (SSSR count). The van der Waals surface area contributed by atoms with Gasteiger partial charge in [-0.25, -0.2) is 0 Å². The maximum atomic E-state index is 6.18. The van der Waals surface area contributed by atoms with Gasteiger partial charge in [-0.3, -0.25) is 0 Å². The molecule has 0 aromatic heterocycles.